The zero-order chi connectivity index (χ0) is 20.6. The lowest BCUT2D eigenvalue weighted by Gasteiger charge is -2.29. The zero-order valence-electron chi connectivity index (χ0n) is 17.3. The van der Waals surface area contributed by atoms with E-state index >= 15 is 0 Å². The maximum absolute atomic E-state index is 14.6. The zero-order valence-corrected chi connectivity index (χ0v) is 17.3. The van der Waals surface area contributed by atoms with E-state index in [0.29, 0.717) is 51.0 Å². The molecule has 1 saturated heterocycles. The molecule has 1 aliphatic rings. The molecule has 1 fully saturated rings. The van der Waals surface area contributed by atoms with Crippen LogP contribution in [-0.2, 0) is 17.8 Å². The summed E-state index contributed by atoms with van der Waals surface area (Å²) in [7, 11) is 3.38. The Balaban J connectivity index is 1.56. The summed E-state index contributed by atoms with van der Waals surface area (Å²) in [6, 6.07) is 11.4. The van der Waals surface area contributed by atoms with Gasteiger partial charge in [-0.15, -0.1) is 0 Å². The predicted molar refractivity (Wildman–Crippen MR) is 114 cm³/mol. The first kappa shape index (κ1) is 20.9. The summed E-state index contributed by atoms with van der Waals surface area (Å²) in [6.07, 6.45) is 0. The molecule has 1 aliphatic heterocycles. The summed E-state index contributed by atoms with van der Waals surface area (Å²) >= 11 is 0. The molecule has 0 atom stereocenters. The highest BCUT2D eigenvalue weighted by Crippen LogP contribution is 2.22. The van der Waals surface area contributed by atoms with Crippen LogP contribution in [0, 0.1) is 12.7 Å². The van der Waals surface area contributed by atoms with E-state index in [1.165, 1.54) is 0 Å². The molecule has 7 heteroatoms. The molecule has 0 unspecified atom stereocenters. The molecule has 2 N–H and O–H groups in total. The lowest BCUT2D eigenvalue weighted by Crippen LogP contribution is -2.37. The van der Waals surface area contributed by atoms with E-state index in [0.717, 1.165) is 22.4 Å². The molecule has 0 spiro atoms. The number of hydrogen-bond acceptors (Lipinski definition) is 4. The Morgan fingerprint density at radius 3 is 2.59 bits per heavy atom. The van der Waals surface area contributed by atoms with Crippen molar-refractivity contribution < 1.29 is 13.9 Å². The number of ether oxygens (including phenoxy) is 2. The van der Waals surface area contributed by atoms with Crippen LogP contribution in [0.3, 0.4) is 0 Å². The second kappa shape index (κ2) is 10.1. The van der Waals surface area contributed by atoms with E-state index in [2.05, 4.69) is 21.7 Å². The fourth-order valence-electron chi connectivity index (χ4n) is 3.30. The lowest BCUT2D eigenvalue weighted by molar-refractivity contribution is 0.122. The second-order valence-corrected chi connectivity index (χ2v) is 6.98. The van der Waals surface area contributed by atoms with Crippen LogP contribution in [0.1, 0.15) is 16.7 Å². The minimum Gasteiger partial charge on any atom is -0.496 e. The van der Waals surface area contributed by atoms with Gasteiger partial charge >= 0.3 is 0 Å². The molecule has 2 aromatic rings. The van der Waals surface area contributed by atoms with E-state index in [-0.39, 0.29) is 5.82 Å². The highest BCUT2D eigenvalue weighted by Gasteiger charge is 2.15. The quantitative estimate of drug-likeness (QED) is 0.577. The molecule has 0 amide bonds. The average molecular weight is 400 g/mol. The molecular formula is C22H29FN4O2. The number of halogens is 1. The maximum Gasteiger partial charge on any atom is 0.191 e. The van der Waals surface area contributed by atoms with Gasteiger partial charge in [-0.05, 0) is 36.2 Å². The topological polar surface area (TPSA) is 58.1 Å². The van der Waals surface area contributed by atoms with Crippen LogP contribution in [0.5, 0.6) is 5.75 Å². The second-order valence-electron chi connectivity index (χ2n) is 6.98. The Morgan fingerprint density at radius 1 is 1.14 bits per heavy atom. The number of morpholine rings is 1. The summed E-state index contributed by atoms with van der Waals surface area (Å²) in [5.41, 5.74) is 3.68. The van der Waals surface area contributed by atoms with E-state index in [4.69, 9.17) is 9.47 Å². The number of nitrogens with zero attached hydrogens (tertiary/aromatic N) is 2. The van der Waals surface area contributed by atoms with Gasteiger partial charge in [0, 0.05) is 38.8 Å². The van der Waals surface area contributed by atoms with Gasteiger partial charge in [0.25, 0.3) is 0 Å². The fourth-order valence-corrected chi connectivity index (χ4v) is 3.30. The van der Waals surface area contributed by atoms with Crippen molar-refractivity contribution in [2.45, 2.75) is 20.0 Å². The van der Waals surface area contributed by atoms with Crippen LogP contribution in [0.15, 0.2) is 41.4 Å². The van der Waals surface area contributed by atoms with E-state index in [9.17, 15) is 4.39 Å². The number of benzene rings is 2. The molecule has 0 aromatic heterocycles. The number of aliphatic imine (C=N–C) groups is 1. The monoisotopic (exact) mass is 400 g/mol. The molecule has 6 nitrogen and oxygen atoms in total. The Labute approximate surface area is 171 Å². The number of anilines is 1. The fraction of sp³-hybridized carbons (Fsp3) is 0.409. The number of hydrogen-bond donors (Lipinski definition) is 2. The molecule has 0 bridgehead atoms. The van der Waals surface area contributed by atoms with Gasteiger partial charge in [0.1, 0.15) is 11.6 Å². The van der Waals surface area contributed by atoms with Gasteiger partial charge in [-0.2, -0.15) is 0 Å². The lowest BCUT2D eigenvalue weighted by atomic mass is 10.1. The first-order chi connectivity index (χ1) is 14.1. The molecule has 0 aliphatic carbocycles. The normalized spacial score (nSPS) is 14.6. The Bertz CT molecular complexity index is 851. The number of methoxy groups -OCH3 is 1. The molecule has 156 valence electrons. The first-order valence-electron chi connectivity index (χ1n) is 9.80. The molecule has 3 rings (SSSR count). The maximum atomic E-state index is 14.6. The average Bonchev–Trinajstić information content (AvgIpc) is 2.75. The molecule has 0 saturated carbocycles. The van der Waals surface area contributed by atoms with Crippen molar-refractivity contribution in [2.75, 3.05) is 45.4 Å². The van der Waals surface area contributed by atoms with Gasteiger partial charge < -0.3 is 25.0 Å². The van der Waals surface area contributed by atoms with Crippen LogP contribution >= 0.6 is 0 Å². The predicted octanol–water partition coefficient (Wildman–Crippen LogP) is 2.84. The van der Waals surface area contributed by atoms with Gasteiger partial charge in [-0.3, -0.25) is 4.99 Å². The van der Waals surface area contributed by atoms with Crippen LogP contribution in [0.25, 0.3) is 0 Å². The summed E-state index contributed by atoms with van der Waals surface area (Å²) < 4.78 is 25.3. The summed E-state index contributed by atoms with van der Waals surface area (Å²) in [5, 5.41) is 6.50. The summed E-state index contributed by atoms with van der Waals surface area (Å²) in [4.78, 5) is 6.26. The standard InChI is InChI=1S/C22H29FN4O2/c1-16-4-6-18(21(12-16)28-3)15-26-22(24-2)25-14-17-5-7-20(19(23)13-17)27-8-10-29-11-9-27/h4-7,12-13H,8-11,14-15H2,1-3H3,(H2,24,25,26). The van der Waals surface area contributed by atoms with Crippen molar-refractivity contribution in [3.05, 3.63) is 58.9 Å². The summed E-state index contributed by atoms with van der Waals surface area (Å²) in [5.74, 6) is 1.28. The van der Waals surface area contributed by atoms with Crippen molar-refractivity contribution in [3.8, 4) is 5.75 Å². The van der Waals surface area contributed by atoms with Gasteiger partial charge in [-0.25, -0.2) is 4.39 Å². The Hall–Kier alpha value is -2.80. The largest absolute Gasteiger partial charge is 0.496 e. The third-order valence-corrected chi connectivity index (χ3v) is 4.94. The van der Waals surface area contributed by atoms with Crippen molar-refractivity contribution in [1.82, 2.24) is 10.6 Å². The molecule has 1 heterocycles. The number of rotatable bonds is 6. The van der Waals surface area contributed by atoms with Crippen molar-refractivity contribution in [1.29, 1.82) is 0 Å². The third kappa shape index (κ3) is 5.60. The van der Waals surface area contributed by atoms with Crippen LogP contribution in [0.2, 0.25) is 0 Å². The smallest absolute Gasteiger partial charge is 0.191 e. The SMILES string of the molecule is CN=C(NCc1ccc(N2CCOCC2)c(F)c1)NCc1ccc(C)cc1OC. The number of nitrogens with one attached hydrogen (secondary N) is 2. The van der Waals surface area contributed by atoms with Crippen molar-refractivity contribution in [3.63, 3.8) is 0 Å². The highest BCUT2D eigenvalue weighted by molar-refractivity contribution is 5.79. The highest BCUT2D eigenvalue weighted by atomic mass is 19.1. The molecule has 29 heavy (non-hydrogen) atoms. The van der Waals surface area contributed by atoms with Gasteiger partial charge in [0.2, 0.25) is 0 Å². The van der Waals surface area contributed by atoms with Gasteiger partial charge in [-0.1, -0.05) is 18.2 Å². The Morgan fingerprint density at radius 2 is 1.90 bits per heavy atom. The third-order valence-electron chi connectivity index (χ3n) is 4.94. The van der Waals surface area contributed by atoms with Crippen LogP contribution in [-0.4, -0.2) is 46.4 Å². The van der Waals surface area contributed by atoms with E-state index in [1.54, 1.807) is 20.2 Å². The van der Waals surface area contributed by atoms with Crippen LogP contribution in [0.4, 0.5) is 10.1 Å². The van der Waals surface area contributed by atoms with Gasteiger partial charge in [0.15, 0.2) is 5.96 Å². The number of guanidine groups is 1. The van der Waals surface area contributed by atoms with Crippen molar-refractivity contribution in [2.24, 2.45) is 4.99 Å². The molecule has 2 aromatic carbocycles. The van der Waals surface area contributed by atoms with E-state index < -0.39 is 0 Å². The molecular weight excluding hydrogens is 371 g/mol. The van der Waals surface area contributed by atoms with Crippen LogP contribution < -0.4 is 20.3 Å². The summed E-state index contributed by atoms with van der Waals surface area (Å²) in [6.45, 7) is 5.79. The van der Waals surface area contributed by atoms with Gasteiger partial charge in [0.05, 0.1) is 26.0 Å². The minimum absolute atomic E-state index is 0.210. The minimum atomic E-state index is -0.210. The first-order valence-corrected chi connectivity index (χ1v) is 9.80. The number of aryl methyl sites for hydroxylation is 1. The molecule has 0 radical (unpaired) electrons. The Kier molecular flexibility index (Phi) is 7.30. The van der Waals surface area contributed by atoms with Crippen molar-refractivity contribution >= 4 is 11.6 Å². The van der Waals surface area contributed by atoms with E-state index in [1.807, 2.05) is 36.1 Å².